The highest BCUT2D eigenvalue weighted by Crippen LogP contribution is 2.39. The summed E-state index contributed by atoms with van der Waals surface area (Å²) in [7, 11) is 0. The molecule has 0 unspecified atom stereocenters. The molecule has 1 aliphatic heterocycles. The lowest BCUT2D eigenvalue weighted by molar-refractivity contribution is 0.500. The average Bonchev–Trinajstić information content (AvgIpc) is 3.08. The molecule has 0 saturated heterocycles. The van der Waals surface area contributed by atoms with Crippen molar-refractivity contribution < 1.29 is 4.39 Å². The van der Waals surface area contributed by atoms with Crippen LogP contribution in [-0.2, 0) is 6.42 Å². The maximum absolute atomic E-state index is 13.5. The Labute approximate surface area is 163 Å². The van der Waals surface area contributed by atoms with Crippen LogP contribution in [0, 0.1) is 11.2 Å². The van der Waals surface area contributed by atoms with Crippen LogP contribution in [0.1, 0.15) is 25.1 Å². The van der Waals surface area contributed by atoms with Crippen molar-refractivity contribution in [2.24, 2.45) is 15.4 Å². The van der Waals surface area contributed by atoms with E-state index < -0.39 is 0 Å². The van der Waals surface area contributed by atoms with Crippen LogP contribution >= 0.6 is 0 Å². The number of halogens is 1. The third-order valence-electron chi connectivity index (χ3n) is 5.45. The Bertz CT molecular complexity index is 1110. The van der Waals surface area contributed by atoms with Crippen molar-refractivity contribution in [1.82, 2.24) is 9.78 Å². The molecule has 1 aliphatic carbocycles. The predicted octanol–water partition coefficient (Wildman–Crippen LogP) is 4.50. The molecule has 0 spiro atoms. The first-order chi connectivity index (χ1) is 13.5. The normalized spacial score (nSPS) is 17.4. The lowest BCUT2D eigenvalue weighted by Gasteiger charge is -2.34. The zero-order valence-corrected chi connectivity index (χ0v) is 16.0. The summed E-state index contributed by atoms with van der Waals surface area (Å²) in [5.74, 6) is -0.251. The fourth-order valence-corrected chi connectivity index (χ4v) is 4.17. The van der Waals surface area contributed by atoms with E-state index in [1.54, 1.807) is 12.1 Å². The minimum atomic E-state index is -0.251. The lowest BCUT2D eigenvalue weighted by atomic mass is 9.72. The minimum absolute atomic E-state index is 0.112. The second-order valence-corrected chi connectivity index (χ2v) is 7.95. The van der Waals surface area contributed by atoms with Gasteiger partial charge in [-0.15, -0.1) is 0 Å². The third kappa shape index (κ3) is 2.61. The number of fused-ring (bicyclic) bond motifs is 3. The molecule has 0 bridgehead atoms. The Balaban J connectivity index is 1.81. The van der Waals surface area contributed by atoms with E-state index in [0.717, 1.165) is 52.6 Å². The van der Waals surface area contributed by atoms with Crippen molar-refractivity contribution in [3.8, 4) is 16.9 Å². The number of aliphatic imine (C=N–C) groups is 2. The summed E-state index contributed by atoms with van der Waals surface area (Å²) < 4.78 is 15.5. The zero-order valence-electron chi connectivity index (χ0n) is 16.0. The molecule has 140 valence electrons. The number of benzene rings is 2. The first-order valence-corrected chi connectivity index (χ1v) is 9.58. The van der Waals surface area contributed by atoms with Crippen LogP contribution in [0.2, 0.25) is 0 Å². The molecule has 2 aromatic carbocycles. The molecule has 0 N–H and O–H groups in total. The molecule has 1 aromatic heterocycles. The summed E-state index contributed by atoms with van der Waals surface area (Å²) in [6.45, 7) is 5.86. The number of nitrogens with zero attached hydrogens (tertiary/aromatic N) is 4. The van der Waals surface area contributed by atoms with Crippen LogP contribution in [0.15, 0.2) is 64.6 Å². The van der Waals surface area contributed by atoms with E-state index in [2.05, 4.69) is 26.0 Å². The molecule has 2 heterocycles. The fraction of sp³-hybridized carbons (Fsp3) is 0.261. The van der Waals surface area contributed by atoms with Crippen LogP contribution in [0.3, 0.4) is 0 Å². The molecule has 0 fully saturated rings. The highest BCUT2D eigenvalue weighted by atomic mass is 19.1. The third-order valence-corrected chi connectivity index (χ3v) is 5.45. The van der Waals surface area contributed by atoms with E-state index >= 15 is 0 Å². The first-order valence-electron chi connectivity index (χ1n) is 9.58. The van der Waals surface area contributed by atoms with Gasteiger partial charge in [0, 0.05) is 17.4 Å². The van der Waals surface area contributed by atoms with Gasteiger partial charge in [0.1, 0.15) is 11.5 Å². The summed E-state index contributed by atoms with van der Waals surface area (Å²) in [5, 5.41) is 4.98. The number of para-hydroxylation sites is 1. The van der Waals surface area contributed by atoms with Gasteiger partial charge in [-0.25, -0.2) is 9.07 Å². The molecule has 0 radical (unpaired) electrons. The number of hydrogen-bond acceptors (Lipinski definition) is 3. The van der Waals surface area contributed by atoms with Crippen LogP contribution < -0.4 is 0 Å². The summed E-state index contributed by atoms with van der Waals surface area (Å²) >= 11 is 0. The van der Waals surface area contributed by atoms with E-state index in [1.165, 1.54) is 12.1 Å². The molecule has 0 saturated carbocycles. The minimum Gasteiger partial charge on any atom is -0.285 e. The standard InChI is InChI=1S/C23H21FN4/c1-23(2)14-18-19(21-22(23)26-13-12-25-21)20(15-8-10-16(24)11-9-15)27-28(18)17-6-4-3-5-7-17/h3-11H,12-14H2,1-2H3. The fourth-order valence-electron chi connectivity index (χ4n) is 4.17. The van der Waals surface area contributed by atoms with Gasteiger partial charge in [0.25, 0.3) is 0 Å². The molecule has 0 atom stereocenters. The molecule has 2 aliphatic rings. The van der Waals surface area contributed by atoms with Gasteiger partial charge in [-0.05, 0) is 36.4 Å². The van der Waals surface area contributed by atoms with Gasteiger partial charge >= 0.3 is 0 Å². The Morgan fingerprint density at radius 2 is 1.64 bits per heavy atom. The summed E-state index contributed by atoms with van der Waals surface area (Å²) in [6.07, 6.45) is 0.823. The van der Waals surface area contributed by atoms with Crippen molar-refractivity contribution in [2.45, 2.75) is 20.3 Å². The van der Waals surface area contributed by atoms with Crippen molar-refractivity contribution in [2.75, 3.05) is 13.1 Å². The Kier molecular flexibility index (Phi) is 3.79. The second kappa shape index (κ2) is 6.23. The van der Waals surface area contributed by atoms with Crippen LogP contribution in [-0.4, -0.2) is 34.3 Å². The molecule has 4 nitrogen and oxygen atoms in total. The van der Waals surface area contributed by atoms with Gasteiger partial charge in [-0.3, -0.25) is 9.98 Å². The molecule has 5 heteroatoms. The largest absolute Gasteiger partial charge is 0.285 e. The van der Waals surface area contributed by atoms with Gasteiger partial charge in [0.05, 0.1) is 41.5 Å². The number of aromatic nitrogens is 2. The van der Waals surface area contributed by atoms with Crippen molar-refractivity contribution in [3.63, 3.8) is 0 Å². The summed E-state index contributed by atoms with van der Waals surface area (Å²) in [5.41, 5.74) is 6.80. The second-order valence-electron chi connectivity index (χ2n) is 7.95. The van der Waals surface area contributed by atoms with Gasteiger partial charge in [0.2, 0.25) is 0 Å². The molecule has 28 heavy (non-hydrogen) atoms. The molecular formula is C23H21FN4. The Hall–Kier alpha value is -3.08. The van der Waals surface area contributed by atoms with Crippen LogP contribution in [0.25, 0.3) is 16.9 Å². The van der Waals surface area contributed by atoms with Gasteiger partial charge < -0.3 is 0 Å². The van der Waals surface area contributed by atoms with Crippen LogP contribution in [0.5, 0.6) is 0 Å². The predicted molar refractivity (Wildman–Crippen MR) is 110 cm³/mol. The average molecular weight is 372 g/mol. The van der Waals surface area contributed by atoms with Crippen LogP contribution in [0.4, 0.5) is 4.39 Å². The Morgan fingerprint density at radius 1 is 0.929 bits per heavy atom. The highest BCUT2D eigenvalue weighted by Gasteiger charge is 2.41. The topological polar surface area (TPSA) is 42.5 Å². The molecule has 0 amide bonds. The van der Waals surface area contributed by atoms with Crippen molar-refractivity contribution in [1.29, 1.82) is 0 Å². The lowest BCUT2D eigenvalue weighted by Crippen LogP contribution is -2.41. The highest BCUT2D eigenvalue weighted by molar-refractivity contribution is 6.52. The van der Waals surface area contributed by atoms with Gasteiger partial charge in [0.15, 0.2) is 0 Å². The first kappa shape index (κ1) is 17.0. The number of hydrogen-bond donors (Lipinski definition) is 0. The van der Waals surface area contributed by atoms with E-state index in [1.807, 2.05) is 22.9 Å². The Morgan fingerprint density at radius 3 is 2.39 bits per heavy atom. The van der Waals surface area contributed by atoms with E-state index in [-0.39, 0.29) is 11.2 Å². The van der Waals surface area contributed by atoms with E-state index in [0.29, 0.717) is 6.54 Å². The zero-order chi connectivity index (χ0) is 19.3. The monoisotopic (exact) mass is 372 g/mol. The maximum Gasteiger partial charge on any atom is 0.123 e. The van der Waals surface area contributed by atoms with Crippen molar-refractivity contribution in [3.05, 3.63) is 71.7 Å². The SMILES string of the molecule is CC1(C)Cc2c(c(-c3ccc(F)cc3)nn2-c2ccccc2)C2=NCCN=C21. The van der Waals surface area contributed by atoms with Gasteiger partial charge in [-0.2, -0.15) is 5.10 Å². The van der Waals surface area contributed by atoms with E-state index in [4.69, 9.17) is 15.1 Å². The quantitative estimate of drug-likeness (QED) is 0.653. The smallest absolute Gasteiger partial charge is 0.123 e. The summed E-state index contributed by atoms with van der Waals surface area (Å²) in [4.78, 5) is 9.68. The molecule has 5 rings (SSSR count). The van der Waals surface area contributed by atoms with E-state index in [9.17, 15) is 4.39 Å². The molecule has 3 aromatic rings. The van der Waals surface area contributed by atoms with Crippen molar-refractivity contribution >= 4 is 11.4 Å². The summed E-state index contributed by atoms with van der Waals surface area (Å²) in [6, 6.07) is 16.7. The van der Waals surface area contributed by atoms with Gasteiger partial charge in [-0.1, -0.05) is 32.0 Å². The number of rotatable bonds is 2. The maximum atomic E-state index is 13.5. The molecular weight excluding hydrogens is 351 g/mol.